The molecule has 0 saturated carbocycles. The van der Waals surface area contributed by atoms with Crippen LogP contribution < -0.4 is 0 Å². The Balaban J connectivity index is 0.00000176. The van der Waals surface area contributed by atoms with Crippen molar-refractivity contribution in [2.45, 2.75) is 44.9 Å². The van der Waals surface area contributed by atoms with Crippen molar-refractivity contribution in [2.75, 3.05) is 0 Å². The molecule has 3 N–H and O–H groups in total. The number of benzene rings is 2. The van der Waals surface area contributed by atoms with E-state index < -0.39 is 24.6 Å². The quantitative estimate of drug-likeness (QED) is 0.433. The summed E-state index contributed by atoms with van der Waals surface area (Å²) < 4.78 is 25.3. The Morgan fingerprint density at radius 3 is 2.31 bits per heavy atom. The first-order valence-electron chi connectivity index (χ1n) is 10.3. The van der Waals surface area contributed by atoms with Gasteiger partial charge in [0, 0.05) is 34.6 Å². The SMILES string of the molecule is CC(C)n1c(/C=C/C(O)CC(O)CC(=O)O)c(-c2ccc(F)cc2)c2ccccc21.[F][Na]. The van der Waals surface area contributed by atoms with Gasteiger partial charge in [0.25, 0.3) is 0 Å². The zero-order chi connectivity index (χ0) is 23.8. The van der Waals surface area contributed by atoms with Gasteiger partial charge < -0.3 is 19.9 Å². The maximum absolute atomic E-state index is 13.5. The van der Waals surface area contributed by atoms with Crippen LogP contribution in [-0.4, -0.2) is 66.7 Å². The zero-order valence-electron chi connectivity index (χ0n) is 18.4. The number of aliphatic hydroxyl groups excluding tert-OH is 2. The van der Waals surface area contributed by atoms with Crippen LogP contribution >= 0.6 is 0 Å². The van der Waals surface area contributed by atoms with Crippen molar-refractivity contribution < 1.29 is 26.8 Å². The van der Waals surface area contributed by atoms with Crippen molar-refractivity contribution in [1.82, 2.24) is 4.57 Å². The van der Waals surface area contributed by atoms with Gasteiger partial charge in [-0.25, -0.2) is 4.39 Å². The first kappa shape index (κ1) is 26.2. The van der Waals surface area contributed by atoms with Crippen LogP contribution in [0.1, 0.15) is 38.4 Å². The maximum atomic E-state index is 13.5. The Morgan fingerprint density at radius 2 is 1.72 bits per heavy atom. The average molecular weight is 453 g/mol. The van der Waals surface area contributed by atoms with Gasteiger partial charge in [-0.15, -0.1) is 0 Å². The fraction of sp³-hybridized carbons (Fsp3) is 0.292. The number of hydrogen-bond donors (Lipinski definition) is 3. The van der Waals surface area contributed by atoms with E-state index in [9.17, 15) is 21.7 Å². The monoisotopic (exact) mass is 453 g/mol. The molecule has 0 aliphatic heterocycles. The van der Waals surface area contributed by atoms with Gasteiger partial charge in [0.05, 0.1) is 18.6 Å². The molecule has 2 aromatic carbocycles. The minimum atomic E-state index is -1.13. The van der Waals surface area contributed by atoms with Gasteiger partial charge in [-0.3, -0.25) is 4.79 Å². The molecule has 166 valence electrons. The standard InChI is InChI=1S/C24H26FNO4.FH.Na/c1-15(2)26-21-6-4-3-5-20(21)24(16-7-9-17(25)10-8-16)22(26)12-11-18(27)13-19(28)14-23(29)30;;/h3-12,15,18-19,27-28H,13-14H2,1-2H3,(H,29,30);1H;/q;;+1/p-1/b12-11+;;. The van der Waals surface area contributed by atoms with Crippen molar-refractivity contribution in [3.8, 4) is 11.1 Å². The Kier molecular flexibility index (Phi) is 10.1. The summed E-state index contributed by atoms with van der Waals surface area (Å²) in [6.45, 7) is 4.12. The zero-order valence-corrected chi connectivity index (χ0v) is 20.4. The van der Waals surface area contributed by atoms with Crippen LogP contribution in [0.5, 0.6) is 0 Å². The third-order valence-electron chi connectivity index (χ3n) is 5.00. The molecule has 0 radical (unpaired) electrons. The molecule has 2 atom stereocenters. The summed E-state index contributed by atoms with van der Waals surface area (Å²) in [4.78, 5) is 10.7. The molecule has 0 aliphatic carbocycles. The normalized spacial score (nSPS) is 13.3. The van der Waals surface area contributed by atoms with Crippen LogP contribution in [0.25, 0.3) is 28.1 Å². The molecule has 3 aromatic rings. The molecule has 0 saturated heterocycles. The molecule has 5 nitrogen and oxygen atoms in total. The minimum absolute atomic E-state index is 0.0728. The Labute approximate surface area is 204 Å². The molecule has 0 aliphatic rings. The molecule has 0 spiro atoms. The summed E-state index contributed by atoms with van der Waals surface area (Å²) in [5.41, 5.74) is 3.65. The predicted molar refractivity (Wildman–Crippen MR) is 122 cm³/mol. The number of carboxylic acid groups (broad SMARTS) is 1. The molecular formula is C24H26F2NNaO4. The van der Waals surface area contributed by atoms with E-state index in [1.165, 1.54) is 12.1 Å². The first-order chi connectivity index (χ1) is 15.3. The van der Waals surface area contributed by atoms with E-state index in [1.807, 2.05) is 24.3 Å². The Bertz CT molecular complexity index is 1060. The second kappa shape index (κ2) is 12.3. The van der Waals surface area contributed by atoms with Crippen molar-refractivity contribution in [3.05, 3.63) is 66.1 Å². The molecule has 0 bridgehead atoms. The number of carboxylic acids is 1. The van der Waals surface area contributed by atoms with E-state index in [0.29, 0.717) is 0 Å². The number of aromatic nitrogens is 1. The molecule has 2 unspecified atom stereocenters. The summed E-state index contributed by atoms with van der Waals surface area (Å²) in [7, 11) is 0. The van der Waals surface area contributed by atoms with Crippen molar-refractivity contribution >= 4 is 51.5 Å². The molecule has 1 aromatic heterocycles. The molecule has 32 heavy (non-hydrogen) atoms. The second-order valence-electron chi connectivity index (χ2n) is 7.66. The molecule has 0 fully saturated rings. The molecule has 0 amide bonds. The van der Waals surface area contributed by atoms with Crippen LogP contribution in [0.2, 0.25) is 0 Å². The fourth-order valence-electron chi connectivity index (χ4n) is 3.77. The van der Waals surface area contributed by atoms with Gasteiger partial charge in [0.1, 0.15) is 5.82 Å². The fourth-order valence-corrected chi connectivity index (χ4v) is 3.77. The van der Waals surface area contributed by atoms with E-state index in [2.05, 4.69) is 18.4 Å². The first-order valence-corrected chi connectivity index (χ1v) is 11.1. The predicted octanol–water partition coefficient (Wildman–Crippen LogP) is 4.67. The average Bonchev–Trinajstić information content (AvgIpc) is 3.08. The van der Waals surface area contributed by atoms with E-state index in [4.69, 9.17) is 5.11 Å². The number of fused-ring (bicyclic) bond motifs is 1. The topological polar surface area (TPSA) is 82.7 Å². The van der Waals surface area contributed by atoms with Gasteiger partial charge in [-0.1, -0.05) is 36.4 Å². The van der Waals surface area contributed by atoms with Gasteiger partial charge in [0.2, 0.25) is 0 Å². The van der Waals surface area contributed by atoms with Crippen LogP contribution in [0.15, 0.2) is 54.6 Å². The van der Waals surface area contributed by atoms with Gasteiger partial charge in [0.15, 0.2) is 0 Å². The van der Waals surface area contributed by atoms with Crippen molar-refractivity contribution in [3.63, 3.8) is 0 Å². The molecular weight excluding hydrogens is 427 g/mol. The third-order valence-corrected chi connectivity index (χ3v) is 5.00. The number of aliphatic hydroxyl groups is 2. The van der Waals surface area contributed by atoms with E-state index >= 15 is 0 Å². The summed E-state index contributed by atoms with van der Waals surface area (Å²) >= 11 is -0.194. The number of carbonyl (C=O) groups is 1. The number of halogens is 2. The summed E-state index contributed by atoms with van der Waals surface area (Å²) in [5, 5.41) is 29.9. The number of nitrogens with zero attached hydrogens (tertiary/aromatic N) is 1. The Hall–Kier alpha value is -2.03. The number of aliphatic carboxylic acids is 1. The molecule has 3 rings (SSSR count). The molecule has 8 heteroatoms. The van der Waals surface area contributed by atoms with Crippen LogP contribution in [0, 0.1) is 5.82 Å². The van der Waals surface area contributed by atoms with E-state index in [-0.39, 0.29) is 46.9 Å². The van der Waals surface area contributed by atoms with Crippen molar-refractivity contribution in [1.29, 1.82) is 0 Å². The Morgan fingerprint density at radius 1 is 1.09 bits per heavy atom. The van der Waals surface area contributed by atoms with Gasteiger partial charge in [-0.05, 0) is 43.7 Å². The summed E-state index contributed by atoms with van der Waals surface area (Å²) in [5.74, 6) is -1.43. The van der Waals surface area contributed by atoms with Gasteiger partial charge in [-0.2, -0.15) is 0 Å². The summed E-state index contributed by atoms with van der Waals surface area (Å²) in [6, 6.07) is 14.4. The van der Waals surface area contributed by atoms with Crippen molar-refractivity contribution in [2.24, 2.45) is 0 Å². The van der Waals surface area contributed by atoms with Gasteiger partial charge >= 0.3 is 36.8 Å². The third kappa shape index (κ3) is 6.49. The second-order valence-corrected chi connectivity index (χ2v) is 7.66. The number of rotatable bonds is 8. The summed E-state index contributed by atoms with van der Waals surface area (Å²) in [6.07, 6.45) is 0.727. The van der Waals surface area contributed by atoms with Crippen LogP contribution in [0.3, 0.4) is 0 Å². The van der Waals surface area contributed by atoms with Crippen LogP contribution in [-0.2, 0) is 4.79 Å². The molecule has 1 heterocycles. The number of hydrogen-bond acceptors (Lipinski definition) is 3. The van der Waals surface area contributed by atoms with E-state index in [0.717, 1.165) is 27.7 Å². The number of para-hydroxylation sites is 1. The van der Waals surface area contributed by atoms with Crippen LogP contribution in [0.4, 0.5) is 6.66 Å². The van der Waals surface area contributed by atoms with E-state index in [1.54, 1.807) is 24.3 Å².